The summed E-state index contributed by atoms with van der Waals surface area (Å²) in [7, 11) is 0. The van der Waals surface area contributed by atoms with E-state index in [0.29, 0.717) is 24.6 Å². The molecule has 0 spiro atoms. The number of aliphatic imine (C=N–C) groups is 1. The first kappa shape index (κ1) is 24.0. The number of hydrogen-bond donors (Lipinski definition) is 3. The van der Waals surface area contributed by atoms with E-state index in [1.807, 2.05) is 32.0 Å². The number of rotatable bonds is 8. The molecule has 3 N–H and O–H groups in total. The van der Waals surface area contributed by atoms with Gasteiger partial charge in [0.05, 0.1) is 18.3 Å². The number of hydrogen-bond acceptors (Lipinski definition) is 4. The van der Waals surface area contributed by atoms with Crippen LogP contribution < -0.4 is 15.4 Å². The van der Waals surface area contributed by atoms with E-state index >= 15 is 0 Å². The van der Waals surface area contributed by atoms with Crippen molar-refractivity contribution in [2.45, 2.75) is 33.1 Å². The second kappa shape index (κ2) is 12.4. The Morgan fingerprint density at radius 2 is 1.89 bits per heavy atom. The molecule has 0 saturated carbocycles. The summed E-state index contributed by atoms with van der Waals surface area (Å²) >= 11 is 0. The lowest BCUT2D eigenvalue weighted by atomic mass is 10.1. The molecule has 9 heteroatoms. The highest BCUT2D eigenvalue weighted by Crippen LogP contribution is 2.19. The third-order valence-electron chi connectivity index (χ3n) is 3.64. The van der Waals surface area contributed by atoms with Gasteiger partial charge in [0.2, 0.25) is 0 Å². The van der Waals surface area contributed by atoms with Crippen LogP contribution >= 0.6 is 24.0 Å². The van der Waals surface area contributed by atoms with Crippen molar-refractivity contribution in [2.75, 3.05) is 13.1 Å². The highest BCUT2D eigenvalue weighted by molar-refractivity contribution is 14.0. The first-order valence-corrected chi connectivity index (χ1v) is 8.65. The standard InChI is InChI=1S/C19H24F2N4O2.HI/c1-3-22-19(23-11-15-6-4-5-13(2)25-15)24-12-17(26)14-7-9-16(10-8-14)27-18(20)21;/h4-10,17-18,26H,3,11-12H2,1-2H3,(H2,22,23,24);1H. The summed E-state index contributed by atoms with van der Waals surface area (Å²) in [5, 5.41) is 16.4. The summed E-state index contributed by atoms with van der Waals surface area (Å²) in [5.41, 5.74) is 2.36. The van der Waals surface area contributed by atoms with Crippen LogP contribution in [0.4, 0.5) is 8.78 Å². The molecule has 1 atom stereocenters. The van der Waals surface area contributed by atoms with Crippen LogP contribution in [0.5, 0.6) is 5.75 Å². The third kappa shape index (κ3) is 8.34. The van der Waals surface area contributed by atoms with E-state index in [9.17, 15) is 13.9 Å². The number of halogens is 3. The molecule has 0 radical (unpaired) electrons. The largest absolute Gasteiger partial charge is 0.435 e. The average molecular weight is 506 g/mol. The molecule has 0 aliphatic rings. The molecule has 0 saturated heterocycles. The molecule has 0 bridgehead atoms. The molecule has 2 aromatic rings. The van der Waals surface area contributed by atoms with Crippen LogP contribution in [0, 0.1) is 6.92 Å². The van der Waals surface area contributed by atoms with Gasteiger partial charge in [-0.25, -0.2) is 4.99 Å². The number of nitrogens with zero attached hydrogens (tertiary/aromatic N) is 2. The molecule has 1 aromatic carbocycles. The topological polar surface area (TPSA) is 78.8 Å². The number of aliphatic hydroxyl groups excluding tert-OH is 1. The summed E-state index contributed by atoms with van der Waals surface area (Å²) in [6, 6.07) is 11.6. The van der Waals surface area contributed by atoms with E-state index in [1.54, 1.807) is 12.1 Å². The maximum absolute atomic E-state index is 12.2. The van der Waals surface area contributed by atoms with Crippen molar-refractivity contribution >= 4 is 29.9 Å². The highest BCUT2D eigenvalue weighted by Gasteiger charge is 2.10. The van der Waals surface area contributed by atoms with Gasteiger partial charge in [0.1, 0.15) is 5.75 Å². The summed E-state index contributed by atoms with van der Waals surface area (Å²) < 4.78 is 28.6. The molecule has 0 aliphatic heterocycles. The van der Waals surface area contributed by atoms with Gasteiger partial charge < -0.3 is 20.5 Å². The predicted molar refractivity (Wildman–Crippen MR) is 115 cm³/mol. The van der Waals surface area contributed by atoms with Crippen molar-refractivity contribution in [2.24, 2.45) is 4.99 Å². The lowest BCUT2D eigenvalue weighted by Crippen LogP contribution is -2.39. The normalized spacial score (nSPS) is 12.3. The number of aliphatic hydroxyl groups is 1. The van der Waals surface area contributed by atoms with Crippen LogP contribution in [0.25, 0.3) is 0 Å². The van der Waals surface area contributed by atoms with E-state index in [4.69, 9.17) is 0 Å². The minimum absolute atomic E-state index is 0. The van der Waals surface area contributed by atoms with Gasteiger partial charge in [-0.1, -0.05) is 18.2 Å². The fourth-order valence-electron chi connectivity index (χ4n) is 2.37. The maximum atomic E-state index is 12.2. The van der Waals surface area contributed by atoms with Gasteiger partial charge in [0.25, 0.3) is 0 Å². The number of ether oxygens (including phenoxy) is 1. The Balaban J connectivity index is 0.00000392. The van der Waals surface area contributed by atoms with Gasteiger partial charge in [-0.2, -0.15) is 8.78 Å². The zero-order valence-electron chi connectivity index (χ0n) is 15.7. The lowest BCUT2D eigenvalue weighted by molar-refractivity contribution is -0.0498. The number of nitrogens with one attached hydrogen (secondary N) is 2. The van der Waals surface area contributed by atoms with Crippen LogP contribution in [-0.4, -0.2) is 35.8 Å². The number of aromatic nitrogens is 1. The fourth-order valence-corrected chi connectivity index (χ4v) is 2.37. The zero-order chi connectivity index (χ0) is 19.6. The highest BCUT2D eigenvalue weighted by atomic mass is 127. The zero-order valence-corrected chi connectivity index (χ0v) is 18.1. The van der Waals surface area contributed by atoms with Crippen molar-refractivity contribution in [1.29, 1.82) is 0 Å². The second-order valence-electron chi connectivity index (χ2n) is 5.81. The van der Waals surface area contributed by atoms with Gasteiger partial charge in [0.15, 0.2) is 5.96 Å². The Kier molecular flexibility index (Phi) is 10.7. The van der Waals surface area contributed by atoms with Gasteiger partial charge in [-0.15, -0.1) is 24.0 Å². The lowest BCUT2D eigenvalue weighted by Gasteiger charge is -2.16. The molecule has 1 aromatic heterocycles. The van der Waals surface area contributed by atoms with Gasteiger partial charge in [0, 0.05) is 18.8 Å². The fraction of sp³-hybridized carbons (Fsp3) is 0.368. The number of benzene rings is 1. The number of alkyl halides is 2. The second-order valence-corrected chi connectivity index (χ2v) is 5.81. The first-order chi connectivity index (χ1) is 13.0. The summed E-state index contributed by atoms with van der Waals surface area (Å²) in [6.07, 6.45) is -0.827. The summed E-state index contributed by atoms with van der Waals surface area (Å²) in [5.74, 6) is 0.604. The number of guanidine groups is 1. The molecule has 6 nitrogen and oxygen atoms in total. The van der Waals surface area contributed by atoms with Crippen molar-refractivity contribution in [3.05, 3.63) is 59.4 Å². The van der Waals surface area contributed by atoms with Crippen molar-refractivity contribution in [3.63, 3.8) is 0 Å². The Labute approximate surface area is 180 Å². The van der Waals surface area contributed by atoms with Crippen molar-refractivity contribution in [3.8, 4) is 5.75 Å². The van der Waals surface area contributed by atoms with Crippen LogP contribution in [0.3, 0.4) is 0 Å². The van der Waals surface area contributed by atoms with Crippen LogP contribution in [-0.2, 0) is 6.54 Å². The summed E-state index contributed by atoms with van der Waals surface area (Å²) in [6.45, 7) is 2.28. The Morgan fingerprint density at radius 1 is 1.18 bits per heavy atom. The molecular formula is C19H25F2IN4O2. The average Bonchev–Trinajstić information content (AvgIpc) is 2.64. The smallest absolute Gasteiger partial charge is 0.387 e. The molecule has 0 fully saturated rings. The minimum Gasteiger partial charge on any atom is -0.435 e. The number of pyridine rings is 1. The molecule has 1 heterocycles. The molecule has 0 amide bonds. The SMILES string of the molecule is CCNC(=NCc1cccc(C)n1)NCC(O)c1ccc(OC(F)F)cc1.I. The predicted octanol–water partition coefficient (Wildman–Crippen LogP) is 3.40. The maximum Gasteiger partial charge on any atom is 0.387 e. The Hall–Kier alpha value is -2.01. The van der Waals surface area contributed by atoms with Crippen LogP contribution in [0.1, 0.15) is 30.0 Å². The van der Waals surface area contributed by atoms with Gasteiger partial charge in [-0.3, -0.25) is 4.98 Å². The number of aryl methyl sites for hydroxylation is 1. The van der Waals surface area contributed by atoms with Gasteiger partial charge in [-0.05, 0) is 43.7 Å². The first-order valence-electron chi connectivity index (χ1n) is 8.65. The third-order valence-corrected chi connectivity index (χ3v) is 3.64. The van der Waals surface area contributed by atoms with Crippen LogP contribution in [0.2, 0.25) is 0 Å². The van der Waals surface area contributed by atoms with Crippen molar-refractivity contribution < 1.29 is 18.6 Å². The monoisotopic (exact) mass is 506 g/mol. The van der Waals surface area contributed by atoms with Crippen molar-refractivity contribution in [1.82, 2.24) is 15.6 Å². The van der Waals surface area contributed by atoms with E-state index < -0.39 is 12.7 Å². The molecule has 0 aliphatic carbocycles. The summed E-state index contributed by atoms with van der Waals surface area (Å²) in [4.78, 5) is 8.85. The Bertz CT molecular complexity index is 745. The van der Waals surface area contributed by atoms with Crippen LogP contribution in [0.15, 0.2) is 47.5 Å². The van der Waals surface area contributed by atoms with E-state index in [0.717, 1.165) is 11.4 Å². The molecule has 2 rings (SSSR count). The van der Waals surface area contributed by atoms with E-state index in [1.165, 1.54) is 12.1 Å². The van der Waals surface area contributed by atoms with E-state index in [-0.39, 0.29) is 36.3 Å². The molecule has 154 valence electrons. The quantitative estimate of drug-likeness (QED) is 0.291. The van der Waals surface area contributed by atoms with E-state index in [2.05, 4.69) is 25.3 Å². The molecular weight excluding hydrogens is 481 g/mol. The molecule has 1 unspecified atom stereocenters. The minimum atomic E-state index is -2.87. The molecule has 28 heavy (non-hydrogen) atoms. The van der Waals surface area contributed by atoms with Gasteiger partial charge >= 0.3 is 6.61 Å². The Morgan fingerprint density at radius 3 is 2.50 bits per heavy atom.